The Bertz CT molecular complexity index is 1300. The number of aromatic nitrogens is 1. The third-order valence-corrected chi connectivity index (χ3v) is 8.17. The van der Waals surface area contributed by atoms with Crippen LogP contribution in [0.5, 0.6) is 0 Å². The lowest BCUT2D eigenvalue weighted by Crippen LogP contribution is -2.29. The number of halogens is 1. The molecule has 0 radical (unpaired) electrons. The van der Waals surface area contributed by atoms with E-state index < -0.39 is 21.1 Å². The normalized spacial score (nSPS) is 13.5. The molecule has 3 aromatic rings. The Kier molecular flexibility index (Phi) is 7.19. The van der Waals surface area contributed by atoms with Crippen molar-refractivity contribution in [3.8, 4) is 0 Å². The van der Waals surface area contributed by atoms with E-state index in [1.165, 1.54) is 19.1 Å². The molecule has 9 heteroatoms. The van der Waals surface area contributed by atoms with Crippen molar-refractivity contribution >= 4 is 50.5 Å². The lowest BCUT2D eigenvalue weighted by Gasteiger charge is -2.26. The molecule has 33 heavy (non-hydrogen) atoms. The summed E-state index contributed by atoms with van der Waals surface area (Å²) in [5.74, 6) is -0.126. The van der Waals surface area contributed by atoms with Crippen molar-refractivity contribution in [3.05, 3.63) is 58.6 Å². The molecular weight excluding hydrogens is 464 g/mol. The van der Waals surface area contributed by atoms with Crippen molar-refractivity contribution in [3.63, 3.8) is 0 Å². The van der Waals surface area contributed by atoms with Gasteiger partial charge in [-0.15, -0.1) is 0 Å². The van der Waals surface area contributed by atoms with Crippen LogP contribution in [0.3, 0.4) is 0 Å². The first-order valence-electron chi connectivity index (χ1n) is 10.5. The van der Waals surface area contributed by atoms with Gasteiger partial charge in [0, 0.05) is 12.4 Å². The fourth-order valence-electron chi connectivity index (χ4n) is 3.78. The highest BCUT2D eigenvalue weighted by atomic mass is 35.5. The van der Waals surface area contributed by atoms with Gasteiger partial charge < -0.3 is 9.30 Å². The Morgan fingerprint density at radius 2 is 1.82 bits per heavy atom. The number of sulfone groups is 1. The maximum Gasteiger partial charge on any atom is 0.324 e. The van der Waals surface area contributed by atoms with E-state index in [0.717, 1.165) is 28.4 Å². The lowest BCUT2D eigenvalue weighted by atomic mass is 10.1. The number of ether oxygens (including phenoxy) is 1. The zero-order chi connectivity index (χ0) is 24.5. The maximum absolute atomic E-state index is 12.8. The van der Waals surface area contributed by atoms with Gasteiger partial charge in [-0.3, -0.25) is 14.5 Å². The van der Waals surface area contributed by atoms with E-state index in [1.807, 2.05) is 43.7 Å². The van der Waals surface area contributed by atoms with Crippen LogP contribution in [-0.4, -0.2) is 37.2 Å². The summed E-state index contributed by atoms with van der Waals surface area (Å²) in [5.41, 5.74) is 2.65. The van der Waals surface area contributed by atoms with E-state index in [1.54, 1.807) is 24.0 Å². The summed E-state index contributed by atoms with van der Waals surface area (Å²) < 4.78 is 32.3. The van der Waals surface area contributed by atoms with Gasteiger partial charge in [0.05, 0.1) is 28.1 Å². The highest BCUT2D eigenvalue weighted by molar-refractivity contribution is 7.92. The molecule has 2 aromatic carbocycles. The molecule has 3 rings (SSSR count). The first kappa shape index (κ1) is 24.8. The quantitative estimate of drug-likeness (QED) is 0.340. The Balaban J connectivity index is 1.93. The van der Waals surface area contributed by atoms with Crippen molar-refractivity contribution in [1.82, 2.24) is 4.57 Å². The Morgan fingerprint density at radius 1 is 1.18 bits per heavy atom. The van der Waals surface area contributed by atoms with E-state index in [0.29, 0.717) is 10.8 Å². The van der Waals surface area contributed by atoms with Crippen LogP contribution in [0.1, 0.15) is 37.9 Å². The lowest BCUT2D eigenvalue weighted by molar-refractivity contribution is -0.142. The van der Waals surface area contributed by atoms with E-state index in [4.69, 9.17) is 16.3 Å². The van der Waals surface area contributed by atoms with Gasteiger partial charge in [-0.25, -0.2) is 8.42 Å². The number of hydrogen-bond donors (Lipinski definition) is 0. The molecular formula is C24H27ClN2O5S. The third kappa shape index (κ3) is 4.63. The van der Waals surface area contributed by atoms with Gasteiger partial charge in [-0.2, -0.15) is 0 Å². The maximum atomic E-state index is 12.8. The van der Waals surface area contributed by atoms with Gasteiger partial charge >= 0.3 is 5.97 Å². The topological polar surface area (TPSA) is 85.7 Å². The number of anilines is 1. The summed E-state index contributed by atoms with van der Waals surface area (Å²) >= 11 is 6.41. The minimum atomic E-state index is -3.89. The molecule has 0 aliphatic carbocycles. The van der Waals surface area contributed by atoms with Crippen molar-refractivity contribution in [2.45, 2.75) is 43.9 Å². The number of hydrogen-bond acceptors (Lipinski definition) is 5. The number of amides is 1. The van der Waals surface area contributed by atoms with Gasteiger partial charge in [-0.1, -0.05) is 23.7 Å². The largest absolute Gasteiger partial charge is 0.465 e. The second kappa shape index (κ2) is 9.57. The zero-order valence-corrected chi connectivity index (χ0v) is 20.8. The summed E-state index contributed by atoms with van der Waals surface area (Å²) in [6, 6.07) is 11.5. The summed E-state index contributed by atoms with van der Waals surface area (Å²) in [6.07, 6.45) is 0.743. The van der Waals surface area contributed by atoms with Crippen molar-refractivity contribution < 1.29 is 22.7 Å². The van der Waals surface area contributed by atoms with Crippen LogP contribution < -0.4 is 4.90 Å². The van der Waals surface area contributed by atoms with Gasteiger partial charge in [0.2, 0.25) is 6.41 Å². The first-order chi connectivity index (χ1) is 15.5. The molecule has 0 fully saturated rings. The highest BCUT2D eigenvalue weighted by Gasteiger charge is 2.31. The number of aryl methyl sites for hydroxylation is 2. The fourth-order valence-corrected chi connectivity index (χ4v) is 5.35. The Morgan fingerprint density at radius 3 is 2.39 bits per heavy atom. The molecule has 2 atom stereocenters. The molecule has 1 unspecified atom stereocenters. The molecule has 0 saturated carbocycles. The van der Waals surface area contributed by atoms with Crippen molar-refractivity contribution in [2.24, 2.45) is 7.05 Å². The van der Waals surface area contributed by atoms with Crippen LogP contribution in [0, 0.1) is 6.92 Å². The van der Waals surface area contributed by atoms with Gasteiger partial charge in [-0.05, 0) is 69.2 Å². The molecule has 0 aliphatic rings. The molecule has 0 aliphatic heterocycles. The molecule has 7 nitrogen and oxygen atoms in total. The SMILES string of the molecule is CCOC(=O)C(C)S(=O)(=O)c1ccc([C@@H](C)N(C=O)c2cc3c(Cl)cc(C)cc3n2C)cc1. The van der Waals surface area contributed by atoms with E-state index in [-0.39, 0.29) is 17.5 Å². The zero-order valence-electron chi connectivity index (χ0n) is 19.2. The van der Waals surface area contributed by atoms with E-state index in [9.17, 15) is 18.0 Å². The van der Waals surface area contributed by atoms with E-state index >= 15 is 0 Å². The molecule has 1 amide bonds. The number of esters is 1. The Labute approximate surface area is 198 Å². The summed E-state index contributed by atoms with van der Waals surface area (Å²) in [7, 11) is -2.03. The number of carbonyl (C=O) groups is 2. The Hall–Kier alpha value is -2.84. The fraction of sp³-hybridized carbons (Fsp3) is 0.333. The minimum Gasteiger partial charge on any atom is -0.465 e. The van der Waals surface area contributed by atoms with Crippen LogP contribution in [0.25, 0.3) is 10.9 Å². The predicted molar refractivity (Wildman–Crippen MR) is 129 cm³/mol. The van der Waals surface area contributed by atoms with Crippen molar-refractivity contribution in [2.75, 3.05) is 11.5 Å². The molecule has 176 valence electrons. The molecule has 0 spiro atoms. The second-order valence-corrected chi connectivity index (χ2v) is 10.6. The molecule has 0 saturated heterocycles. The van der Waals surface area contributed by atoms with Crippen LogP contribution in [0.2, 0.25) is 5.02 Å². The summed E-state index contributed by atoms with van der Waals surface area (Å²) in [5, 5.41) is 0.139. The average molecular weight is 491 g/mol. The third-order valence-electron chi connectivity index (χ3n) is 5.80. The van der Waals surface area contributed by atoms with Gasteiger partial charge in [0.15, 0.2) is 15.1 Å². The van der Waals surface area contributed by atoms with Crippen LogP contribution >= 0.6 is 11.6 Å². The highest BCUT2D eigenvalue weighted by Crippen LogP contribution is 2.35. The number of fused-ring (bicyclic) bond motifs is 1. The monoisotopic (exact) mass is 490 g/mol. The van der Waals surface area contributed by atoms with E-state index in [2.05, 4.69) is 0 Å². The molecule has 1 aromatic heterocycles. The van der Waals surface area contributed by atoms with Crippen molar-refractivity contribution in [1.29, 1.82) is 0 Å². The van der Waals surface area contributed by atoms with Gasteiger partial charge in [0.1, 0.15) is 5.82 Å². The number of benzene rings is 2. The average Bonchev–Trinajstić information content (AvgIpc) is 3.10. The number of carbonyl (C=O) groups excluding carboxylic acids is 2. The molecule has 0 bridgehead atoms. The second-order valence-electron chi connectivity index (χ2n) is 7.94. The number of rotatable bonds is 8. The van der Waals surface area contributed by atoms with Crippen LogP contribution in [-0.2, 0) is 31.2 Å². The minimum absolute atomic E-state index is 0.0171. The smallest absolute Gasteiger partial charge is 0.324 e. The number of nitrogens with zero attached hydrogens (tertiary/aromatic N) is 2. The van der Waals surface area contributed by atoms with Crippen LogP contribution in [0.4, 0.5) is 5.82 Å². The molecule has 0 N–H and O–H groups in total. The summed E-state index contributed by atoms with van der Waals surface area (Å²) in [6.45, 7) is 6.84. The first-order valence-corrected chi connectivity index (χ1v) is 12.4. The standard InChI is InChI=1S/C24H27ClN2O5S/c1-6-32-24(29)17(4)33(30,31)19-9-7-18(8-10-19)16(3)27(14-28)23-13-20-21(25)11-15(2)12-22(20)26(23)5/h7-14,16-17H,6H2,1-5H3/t16-,17?/m1/s1. The predicted octanol–water partition coefficient (Wildman–Crippen LogP) is 4.59. The summed E-state index contributed by atoms with van der Waals surface area (Å²) in [4.78, 5) is 25.6. The van der Waals surface area contributed by atoms with Crippen LogP contribution in [0.15, 0.2) is 47.4 Å². The molecule has 1 heterocycles. The van der Waals surface area contributed by atoms with Gasteiger partial charge in [0.25, 0.3) is 0 Å².